The second kappa shape index (κ2) is 6.55. The molecule has 0 aliphatic heterocycles. The maximum Gasteiger partial charge on any atom is 0.239 e. The zero-order chi connectivity index (χ0) is 13.6. The quantitative estimate of drug-likeness (QED) is 0.809. The van der Waals surface area contributed by atoms with E-state index in [0.717, 1.165) is 12.8 Å². The van der Waals surface area contributed by atoms with Gasteiger partial charge in [0.25, 0.3) is 0 Å². The highest BCUT2D eigenvalue weighted by molar-refractivity contribution is 5.84. The molecule has 3 nitrogen and oxygen atoms in total. The number of amides is 1. The molecule has 1 aromatic rings. The van der Waals surface area contributed by atoms with Crippen LogP contribution in [0.25, 0.3) is 0 Å². The van der Waals surface area contributed by atoms with Crippen LogP contribution in [-0.2, 0) is 17.6 Å². The van der Waals surface area contributed by atoms with Crippen molar-refractivity contribution in [2.45, 2.75) is 45.6 Å². The average Bonchev–Trinajstić information content (AvgIpc) is 2.30. The second-order valence-corrected chi connectivity index (χ2v) is 5.29. The van der Waals surface area contributed by atoms with Crippen LogP contribution < -0.4 is 11.1 Å². The van der Waals surface area contributed by atoms with E-state index in [1.54, 1.807) is 13.8 Å². The molecule has 3 heteroatoms. The van der Waals surface area contributed by atoms with E-state index in [9.17, 15) is 4.79 Å². The summed E-state index contributed by atoms with van der Waals surface area (Å²) in [6.07, 6.45) is 3.13. The third-order valence-electron chi connectivity index (χ3n) is 2.85. The van der Waals surface area contributed by atoms with Crippen LogP contribution in [-0.4, -0.2) is 18.0 Å². The molecule has 0 aromatic heterocycles. The predicted octanol–water partition coefficient (Wildman–Crippen LogP) is 2.04. The van der Waals surface area contributed by atoms with E-state index in [1.165, 1.54) is 17.5 Å². The fourth-order valence-corrected chi connectivity index (χ4v) is 1.71. The number of aryl methyl sites for hydroxylation is 1. The number of rotatable bonds is 6. The molecule has 0 bridgehead atoms. The van der Waals surface area contributed by atoms with E-state index in [2.05, 4.69) is 36.5 Å². The van der Waals surface area contributed by atoms with E-state index >= 15 is 0 Å². The second-order valence-electron chi connectivity index (χ2n) is 5.29. The van der Waals surface area contributed by atoms with Crippen molar-refractivity contribution in [1.29, 1.82) is 0 Å². The summed E-state index contributed by atoms with van der Waals surface area (Å²) in [7, 11) is 0. The van der Waals surface area contributed by atoms with Gasteiger partial charge in [-0.05, 0) is 37.8 Å². The molecule has 0 atom stereocenters. The van der Waals surface area contributed by atoms with Gasteiger partial charge in [0.2, 0.25) is 5.91 Å². The third-order valence-corrected chi connectivity index (χ3v) is 2.85. The van der Waals surface area contributed by atoms with Crippen molar-refractivity contribution in [3.63, 3.8) is 0 Å². The van der Waals surface area contributed by atoms with Crippen molar-refractivity contribution in [1.82, 2.24) is 5.32 Å². The SMILES string of the molecule is CCCc1ccc(CCNC(=O)C(C)(C)N)cc1. The molecule has 0 aliphatic rings. The first-order valence-electron chi connectivity index (χ1n) is 6.58. The van der Waals surface area contributed by atoms with E-state index in [-0.39, 0.29) is 5.91 Å². The van der Waals surface area contributed by atoms with Crippen LogP contribution >= 0.6 is 0 Å². The number of benzene rings is 1. The van der Waals surface area contributed by atoms with Gasteiger partial charge in [0, 0.05) is 6.54 Å². The normalized spacial score (nSPS) is 11.3. The van der Waals surface area contributed by atoms with Gasteiger partial charge in [-0.25, -0.2) is 0 Å². The van der Waals surface area contributed by atoms with Crippen molar-refractivity contribution in [2.24, 2.45) is 5.73 Å². The maximum absolute atomic E-state index is 11.6. The lowest BCUT2D eigenvalue weighted by Gasteiger charge is -2.17. The number of hydrogen-bond acceptors (Lipinski definition) is 2. The summed E-state index contributed by atoms with van der Waals surface area (Å²) >= 11 is 0. The Morgan fingerprint density at radius 3 is 2.11 bits per heavy atom. The van der Waals surface area contributed by atoms with Crippen molar-refractivity contribution in [3.8, 4) is 0 Å². The molecule has 0 radical (unpaired) electrons. The first-order valence-corrected chi connectivity index (χ1v) is 6.58. The number of carbonyl (C=O) groups excluding carboxylic acids is 1. The van der Waals surface area contributed by atoms with Gasteiger partial charge in [0.05, 0.1) is 5.54 Å². The van der Waals surface area contributed by atoms with Gasteiger partial charge in [0.1, 0.15) is 0 Å². The third kappa shape index (κ3) is 4.88. The number of nitrogens with two attached hydrogens (primary N) is 1. The van der Waals surface area contributed by atoms with Crippen LogP contribution in [0.2, 0.25) is 0 Å². The minimum atomic E-state index is -0.801. The lowest BCUT2D eigenvalue weighted by atomic mass is 10.0. The smallest absolute Gasteiger partial charge is 0.239 e. The van der Waals surface area contributed by atoms with E-state index in [1.807, 2.05) is 0 Å². The van der Waals surface area contributed by atoms with Crippen molar-refractivity contribution < 1.29 is 4.79 Å². The first-order chi connectivity index (χ1) is 8.43. The fourth-order valence-electron chi connectivity index (χ4n) is 1.71. The van der Waals surface area contributed by atoms with Gasteiger partial charge in [-0.1, -0.05) is 37.6 Å². The number of nitrogens with one attached hydrogen (secondary N) is 1. The molecule has 1 rings (SSSR count). The average molecular weight is 248 g/mol. The Morgan fingerprint density at radius 2 is 1.67 bits per heavy atom. The molecular formula is C15H24N2O. The molecule has 1 amide bonds. The zero-order valence-corrected chi connectivity index (χ0v) is 11.6. The highest BCUT2D eigenvalue weighted by Crippen LogP contribution is 2.07. The standard InChI is InChI=1S/C15H24N2O/c1-4-5-12-6-8-13(9-7-12)10-11-17-14(18)15(2,3)16/h6-9H,4-5,10-11,16H2,1-3H3,(H,17,18). The minimum absolute atomic E-state index is 0.106. The van der Waals surface area contributed by atoms with Crippen LogP contribution in [0.3, 0.4) is 0 Å². The molecule has 1 aromatic carbocycles. The number of carbonyl (C=O) groups is 1. The lowest BCUT2D eigenvalue weighted by Crippen LogP contribution is -2.49. The first kappa shape index (κ1) is 14.7. The Bertz CT molecular complexity index is 376. The molecule has 100 valence electrons. The van der Waals surface area contributed by atoms with Crippen LogP contribution in [0.1, 0.15) is 38.3 Å². The summed E-state index contributed by atoms with van der Waals surface area (Å²) in [6, 6.07) is 8.58. The van der Waals surface area contributed by atoms with E-state index in [0.29, 0.717) is 6.54 Å². The molecule has 0 saturated carbocycles. The van der Waals surface area contributed by atoms with Crippen molar-refractivity contribution in [2.75, 3.05) is 6.54 Å². The largest absolute Gasteiger partial charge is 0.354 e. The zero-order valence-electron chi connectivity index (χ0n) is 11.6. The minimum Gasteiger partial charge on any atom is -0.354 e. The van der Waals surface area contributed by atoms with Crippen LogP contribution in [0.15, 0.2) is 24.3 Å². The Morgan fingerprint density at radius 1 is 1.17 bits per heavy atom. The summed E-state index contributed by atoms with van der Waals surface area (Å²) in [5.74, 6) is -0.106. The van der Waals surface area contributed by atoms with Crippen molar-refractivity contribution in [3.05, 3.63) is 35.4 Å². The lowest BCUT2D eigenvalue weighted by molar-refractivity contribution is -0.125. The molecule has 0 saturated heterocycles. The molecule has 3 N–H and O–H groups in total. The number of hydrogen-bond donors (Lipinski definition) is 2. The monoisotopic (exact) mass is 248 g/mol. The van der Waals surface area contributed by atoms with Crippen LogP contribution in [0, 0.1) is 0 Å². The highest BCUT2D eigenvalue weighted by atomic mass is 16.2. The summed E-state index contributed by atoms with van der Waals surface area (Å²) in [6.45, 7) is 6.23. The molecular weight excluding hydrogens is 224 g/mol. The Labute approximate surface area is 110 Å². The molecule has 0 spiro atoms. The van der Waals surface area contributed by atoms with Gasteiger partial charge in [-0.15, -0.1) is 0 Å². The molecule has 0 unspecified atom stereocenters. The van der Waals surface area contributed by atoms with Gasteiger partial charge in [-0.3, -0.25) is 4.79 Å². The summed E-state index contributed by atoms with van der Waals surface area (Å²) in [5, 5.41) is 2.85. The molecule has 0 aliphatic carbocycles. The molecule has 0 fully saturated rings. The fraction of sp³-hybridized carbons (Fsp3) is 0.533. The molecule has 0 heterocycles. The Kier molecular flexibility index (Phi) is 5.35. The van der Waals surface area contributed by atoms with Gasteiger partial charge in [0.15, 0.2) is 0 Å². The van der Waals surface area contributed by atoms with Crippen LogP contribution in [0.4, 0.5) is 0 Å². The van der Waals surface area contributed by atoms with Gasteiger partial charge in [-0.2, -0.15) is 0 Å². The topological polar surface area (TPSA) is 55.1 Å². The summed E-state index contributed by atoms with van der Waals surface area (Å²) < 4.78 is 0. The van der Waals surface area contributed by atoms with Crippen LogP contribution in [0.5, 0.6) is 0 Å². The Hall–Kier alpha value is -1.35. The van der Waals surface area contributed by atoms with E-state index < -0.39 is 5.54 Å². The van der Waals surface area contributed by atoms with Gasteiger partial charge >= 0.3 is 0 Å². The maximum atomic E-state index is 11.6. The summed E-state index contributed by atoms with van der Waals surface area (Å²) in [4.78, 5) is 11.6. The molecule has 18 heavy (non-hydrogen) atoms. The van der Waals surface area contributed by atoms with E-state index in [4.69, 9.17) is 5.73 Å². The summed E-state index contributed by atoms with van der Waals surface area (Å²) in [5.41, 5.74) is 7.51. The highest BCUT2D eigenvalue weighted by Gasteiger charge is 2.20. The van der Waals surface area contributed by atoms with Gasteiger partial charge < -0.3 is 11.1 Å². The predicted molar refractivity (Wildman–Crippen MR) is 75.4 cm³/mol. The van der Waals surface area contributed by atoms with Crippen molar-refractivity contribution >= 4 is 5.91 Å². The Balaban J connectivity index is 2.38.